The molecule has 3 heteroatoms. The molecule has 1 rings (SSSR count). The van der Waals surface area contributed by atoms with Crippen molar-refractivity contribution in [3.8, 4) is 0 Å². The smallest absolute Gasteiger partial charge is 0.216 e. The van der Waals surface area contributed by atoms with Gasteiger partial charge in [-0.25, -0.2) is 0 Å². The zero-order chi connectivity index (χ0) is 10.4. The molecule has 0 heterocycles. The zero-order valence-corrected chi connectivity index (χ0v) is 8.97. The number of hydrogen-bond donors (Lipinski definition) is 1. The van der Waals surface area contributed by atoms with Crippen LogP contribution in [0, 0.1) is 0 Å². The minimum Gasteiger partial charge on any atom is -0.356 e. The maximum atomic E-state index is 10.6. The number of aryl methyl sites for hydroxylation is 1. The summed E-state index contributed by atoms with van der Waals surface area (Å²) >= 11 is 5.76. The van der Waals surface area contributed by atoms with Crippen LogP contribution in [0.15, 0.2) is 24.3 Å². The van der Waals surface area contributed by atoms with Crippen LogP contribution in [0.25, 0.3) is 0 Å². The molecule has 0 aliphatic rings. The summed E-state index contributed by atoms with van der Waals surface area (Å²) in [5.74, 6) is 0.0288. The van der Waals surface area contributed by atoms with E-state index in [-0.39, 0.29) is 5.91 Å². The monoisotopic (exact) mass is 211 g/mol. The molecule has 0 radical (unpaired) electrons. The predicted molar refractivity (Wildman–Crippen MR) is 58.5 cm³/mol. The van der Waals surface area contributed by atoms with Gasteiger partial charge in [-0.2, -0.15) is 0 Å². The molecule has 0 aliphatic heterocycles. The van der Waals surface area contributed by atoms with Crippen LogP contribution in [-0.2, 0) is 11.2 Å². The lowest BCUT2D eigenvalue weighted by Gasteiger charge is -2.02. The van der Waals surface area contributed by atoms with Crippen molar-refractivity contribution in [3.63, 3.8) is 0 Å². The zero-order valence-electron chi connectivity index (χ0n) is 8.22. The molecule has 0 aromatic heterocycles. The Kier molecular flexibility index (Phi) is 4.47. The van der Waals surface area contributed by atoms with E-state index in [0.29, 0.717) is 0 Å². The van der Waals surface area contributed by atoms with Crippen molar-refractivity contribution in [2.75, 3.05) is 6.54 Å². The third-order valence-corrected chi connectivity index (χ3v) is 2.18. The predicted octanol–water partition coefficient (Wildman–Crippen LogP) is 2.41. The molecule has 0 saturated heterocycles. The van der Waals surface area contributed by atoms with Gasteiger partial charge >= 0.3 is 0 Å². The van der Waals surface area contributed by atoms with Gasteiger partial charge < -0.3 is 5.32 Å². The fourth-order valence-electron chi connectivity index (χ4n) is 1.21. The van der Waals surface area contributed by atoms with E-state index in [0.717, 1.165) is 24.4 Å². The molecule has 1 amide bonds. The van der Waals surface area contributed by atoms with Crippen LogP contribution in [0.2, 0.25) is 5.02 Å². The van der Waals surface area contributed by atoms with E-state index >= 15 is 0 Å². The van der Waals surface area contributed by atoms with Gasteiger partial charge in [0.2, 0.25) is 5.91 Å². The SMILES string of the molecule is CC(=O)NCCCc1ccc(Cl)cc1. The van der Waals surface area contributed by atoms with Gasteiger partial charge in [0.05, 0.1) is 0 Å². The van der Waals surface area contributed by atoms with E-state index in [1.807, 2.05) is 24.3 Å². The number of benzene rings is 1. The fourth-order valence-corrected chi connectivity index (χ4v) is 1.33. The van der Waals surface area contributed by atoms with Crippen LogP contribution in [0.4, 0.5) is 0 Å². The molecule has 0 spiro atoms. The van der Waals surface area contributed by atoms with Crippen molar-refractivity contribution >= 4 is 17.5 Å². The summed E-state index contributed by atoms with van der Waals surface area (Å²) in [7, 11) is 0. The third-order valence-electron chi connectivity index (χ3n) is 1.93. The first-order valence-electron chi connectivity index (χ1n) is 4.67. The van der Waals surface area contributed by atoms with Gasteiger partial charge in [0, 0.05) is 18.5 Å². The molecular weight excluding hydrogens is 198 g/mol. The van der Waals surface area contributed by atoms with Gasteiger partial charge in [-0.1, -0.05) is 23.7 Å². The molecule has 2 nitrogen and oxygen atoms in total. The number of carbonyl (C=O) groups excluding carboxylic acids is 1. The van der Waals surface area contributed by atoms with Crippen molar-refractivity contribution in [1.29, 1.82) is 0 Å². The summed E-state index contributed by atoms with van der Waals surface area (Å²) in [6.07, 6.45) is 1.93. The lowest BCUT2D eigenvalue weighted by Crippen LogP contribution is -2.21. The summed E-state index contributed by atoms with van der Waals surface area (Å²) in [5.41, 5.74) is 1.25. The molecule has 14 heavy (non-hydrogen) atoms. The largest absolute Gasteiger partial charge is 0.356 e. The quantitative estimate of drug-likeness (QED) is 0.762. The van der Waals surface area contributed by atoms with Gasteiger partial charge in [0.25, 0.3) is 0 Å². The lowest BCUT2D eigenvalue weighted by molar-refractivity contribution is -0.118. The summed E-state index contributed by atoms with van der Waals surface area (Å²) in [4.78, 5) is 10.6. The first-order valence-corrected chi connectivity index (χ1v) is 5.05. The summed E-state index contributed by atoms with van der Waals surface area (Å²) in [6.45, 7) is 2.26. The highest BCUT2D eigenvalue weighted by molar-refractivity contribution is 6.30. The number of hydrogen-bond acceptors (Lipinski definition) is 1. The van der Waals surface area contributed by atoms with Crippen LogP contribution >= 0.6 is 11.6 Å². The minimum absolute atomic E-state index is 0.0288. The number of amides is 1. The van der Waals surface area contributed by atoms with E-state index < -0.39 is 0 Å². The average molecular weight is 212 g/mol. The minimum atomic E-state index is 0.0288. The van der Waals surface area contributed by atoms with E-state index in [4.69, 9.17) is 11.6 Å². The van der Waals surface area contributed by atoms with Gasteiger partial charge in [-0.3, -0.25) is 4.79 Å². The highest BCUT2D eigenvalue weighted by Gasteiger charge is 1.94. The van der Waals surface area contributed by atoms with Crippen LogP contribution in [0.1, 0.15) is 18.9 Å². The summed E-state index contributed by atoms with van der Waals surface area (Å²) in [5, 5.41) is 3.52. The topological polar surface area (TPSA) is 29.1 Å². The number of halogens is 1. The molecule has 0 fully saturated rings. The molecule has 0 atom stereocenters. The molecule has 76 valence electrons. The standard InChI is InChI=1S/C11H14ClNO/c1-9(14)13-8-2-3-10-4-6-11(12)7-5-10/h4-7H,2-3,8H2,1H3,(H,13,14). The Hall–Kier alpha value is -1.02. The van der Waals surface area contributed by atoms with Gasteiger partial charge in [0.1, 0.15) is 0 Å². The van der Waals surface area contributed by atoms with Crippen molar-refractivity contribution in [3.05, 3.63) is 34.9 Å². The van der Waals surface area contributed by atoms with Crippen molar-refractivity contribution < 1.29 is 4.79 Å². The van der Waals surface area contributed by atoms with E-state index in [9.17, 15) is 4.79 Å². The molecule has 1 aromatic carbocycles. The summed E-state index contributed by atoms with van der Waals surface area (Å²) < 4.78 is 0. The molecule has 1 aromatic rings. The number of nitrogens with one attached hydrogen (secondary N) is 1. The average Bonchev–Trinajstić information content (AvgIpc) is 2.15. The molecule has 1 N–H and O–H groups in total. The normalized spacial score (nSPS) is 9.86. The number of carbonyl (C=O) groups is 1. The highest BCUT2D eigenvalue weighted by Crippen LogP contribution is 2.10. The van der Waals surface area contributed by atoms with Crippen LogP contribution in [0.3, 0.4) is 0 Å². The molecule has 0 aliphatic carbocycles. The molecule has 0 bridgehead atoms. The maximum Gasteiger partial charge on any atom is 0.216 e. The first-order chi connectivity index (χ1) is 6.68. The van der Waals surface area contributed by atoms with E-state index in [1.54, 1.807) is 0 Å². The lowest BCUT2D eigenvalue weighted by atomic mass is 10.1. The van der Waals surface area contributed by atoms with E-state index in [1.165, 1.54) is 12.5 Å². The Morgan fingerprint density at radius 3 is 2.57 bits per heavy atom. The van der Waals surface area contributed by atoms with Crippen LogP contribution in [-0.4, -0.2) is 12.5 Å². The second-order valence-corrected chi connectivity index (χ2v) is 3.65. The Bertz CT molecular complexity index is 295. The highest BCUT2D eigenvalue weighted by atomic mass is 35.5. The maximum absolute atomic E-state index is 10.6. The van der Waals surface area contributed by atoms with Crippen molar-refractivity contribution in [2.45, 2.75) is 19.8 Å². The fraction of sp³-hybridized carbons (Fsp3) is 0.364. The summed E-state index contributed by atoms with van der Waals surface area (Å²) in [6, 6.07) is 7.79. The Morgan fingerprint density at radius 1 is 1.36 bits per heavy atom. The van der Waals surface area contributed by atoms with Crippen molar-refractivity contribution in [1.82, 2.24) is 5.32 Å². The van der Waals surface area contributed by atoms with Crippen molar-refractivity contribution in [2.24, 2.45) is 0 Å². The van der Waals surface area contributed by atoms with Gasteiger partial charge in [-0.05, 0) is 30.5 Å². The van der Waals surface area contributed by atoms with E-state index in [2.05, 4.69) is 5.32 Å². The van der Waals surface area contributed by atoms with Gasteiger partial charge in [-0.15, -0.1) is 0 Å². The Balaban J connectivity index is 2.25. The van der Waals surface area contributed by atoms with Crippen LogP contribution in [0.5, 0.6) is 0 Å². The second-order valence-electron chi connectivity index (χ2n) is 3.21. The second kappa shape index (κ2) is 5.66. The number of rotatable bonds is 4. The van der Waals surface area contributed by atoms with Gasteiger partial charge in [0.15, 0.2) is 0 Å². The Morgan fingerprint density at radius 2 is 2.00 bits per heavy atom. The Labute approximate surface area is 89.3 Å². The first kappa shape index (κ1) is 11.1. The molecule has 0 saturated carbocycles. The van der Waals surface area contributed by atoms with Crippen LogP contribution < -0.4 is 5.32 Å². The molecule has 0 unspecified atom stereocenters. The molecular formula is C11H14ClNO. The third kappa shape index (κ3) is 4.28.